The van der Waals surface area contributed by atoms with Gasteiger partial charge >= 0.3 is 6.18 Å². The quantitative estimate of drug-likeness (QED) is 0.342. The Bertz CT molecular complexity index is 1610. The van der Waals surface area contributed by atoms with E-state index >= 15 is 0 Å². The van der Waals surface area contributed by atoms with Gasteiger partial charge < -0.3 is 15.6 Å². The zero-order valence-corrected chi connectivity index (χ0v) is 24.7. The maximum atomic E-state index is 14.2. The van der Waals surface area contributed by atoms with Gasteiger partial charge in [-0.05, 0) is 60.8 Å². The fraction of sp³-hybridized carbons (Fsp3) is 0.370. The molecule has 42 heavy (non-hydrogen) atoms. The molecule has 1 fully saturated rings. The van der Waals surface area contributed by atoms with Crippen molar-refractivity contribution in [1.29, 1.82) is 0 Å². The SMILES string of the molecule is CCS(=O)(=O)c1ccc(Cl)cc1CNC(=O)c1cc(Cl)c(CN2CCC[C@H](n3cncc3C(N)=O)C2)c(C(F)(F)F)c1. The van der Waals surface area contributed by atoms with Crippen LogP contribution >= 0.6 is 23.2 Å². The highest BCUT2D eigenvalue weighted by Crippen LogP contribution is 2.38. The molecule has 0 unspecified atom stereocenters. The zero-order chi connectivity index (χ0) is 30.8. The minimum atomic E-state index is -4.82. The number of carbonyl (C=O) groups is 2. The molecule has 1 aliphatic rings. The second-order valence-electron chi connectivity index (χ2n) is 9.90. The van der Waals surface area contributed by atoms with Crippen molar-refractivity contribution in [3.63, 3.8) is 0 Å². The van der Waals surface area contributed by atoms with Crippen molar-refractivity contribution in [3.8, 4) is 0 Å². The lowest BCUT2D eigenvalue weighted by molar-refractivity contribution is -0.138. The number of benzene rings is 2. The Kier molecular flexibility index (Phi) is 9.55. The molecule has 1 aromatic heterocycles. The average molecular weight is 647 g/mol. The number of aromatic nitrogens is 2. The Morgan fingerprint density at radius 3 is 2.60 bits per heavy atom. The van der Waals surface area contributed by atoms with Crippen LogP contribution in [0.1, 0.15) is 63.3 Å². The summed E-state index contributed by atoms with van der Waals surface area (Å²) < 4.78 is 69.2. The molecule has 1 saturated heterocycles. The van der Waals surface area contributed by atoms with Crippen LogP contribution in [0, 0.1) is 0 Å². The van der Waals surface area contributed by atoms with Gasteiger partial charge in [0.05, 0.1) is 28.7 Å². The number of nitrogens with zero attached hydrogens (tertiary/aromatic N) is 3. The highest BCUT2D eigenvalue weighted by Gasteiger charge is 2.36. The van der Waals surface area contributed by atoms with Crippen LogP contribution in [0.15, 0.2) is 47.8 Å². The van der Waals surface area contributed by atoms with Crippen molar-refractivity contribution in [3.05, 3.63) is 80.8 Å². The standard InChI is InChI=1S/C27H28Cl2F3N5O4S/c1-2-42(40,41)24-6-5-18(28)8-17(24)11-35-26(39)16-9-21(27(30,31)32)20(22(29)10-16)14-36-7-3-4-19(13-36)37-15-34-12-23(37)25(33)38/h5-6,8-10,12,15,19H,2-4,7,11,13-14H2,1H3,(H2,33,38)(H,35,39)/t19-/m0/s1. The summed E-state index contributed by atoms with van der Waals surface area (Å²) in [5, 5.41) is 2.47. The van der Waals surface area contributed by atoms with Gasteiger partial charge in [0.1, 0.15) is 5.69 Å². The monoisotopic (exact) mass is 645 g/mol. The summed E-state index contributed by atoms with van der Waals surface area (Å²) >= 11 is 12.4. The van der Waals surface area contributed by atoms with E-state index in [-0.39, 0.29) is 62.2 Å². The summed E-state index contributed by atoms with van der Waals surface area (Å²) in [6.45, 7) is 1.86. The van der Waals surface area contributed by atoms with Crippen LogP contribution in [0.25, 0.3) is 0 Å². The molecule has 0 spiro atoms. The number of rotatable bonds is 9. The Labute approximate surface area is 250 Å². The average Bonchev–Trinajstić information content (AvgIpc) is 3.43. The number of primary amides is 1. The second-order valence-corrected chi connectivity index (χ2v) is 13.0. The largest absolute Gasteiger partial charge is 0.416 e. The number of piperidine rings is 1. The number of hydrogen-bond acceptors (Lipinski definition) is 6. The lowest BCUT2D eigenvalue weighted by Gasteiger charge is -2.34. The third kappa shape index (κ3) is 7.08. The van der Waals surface area contributed by atoms with E-state index in [1.165, 1.54) is 37.6 Å². The van der Waals surface area contributed by atoms with E-state index in [4.69, 9.17) is 28.9 Å². The van der Waals surface area contributed by atoms with E-state index < -0.39 is 33.4 Å². The molecule has 3 aromatic rings. The highest BCUT2D eigenvalue weighted by molar-refractivity contribution is 7.91. The van der Waals surface area contributed by atoms with Crippen molar-refractivity contribution >= 4 is 44.9 Å². The predicted octanol–water partition coefficient (Wildman–Crippen LogP) is 4.87. The van der Waals surface area contributed by atoms with Crippen LogP contribution in [0.4, 0.5) is 13.2 Å². The van der Waals surface area contributed by atoms with Gasteiger partial charge in [-0.25, -0.2) is 13.4 Å². The summed E-state index contributed by atoms with van der Waals surface area (Å²) in [5.74, 6) is -1.71. The molecule has 1 atom stereocenters. The fourth-order valence-corrected chi connectivity index (χ4v) is 6.61. The maximum absolute atomic E-state index is 14.2. The molecule has 2 aromatic carbocycles. The van der Waals surface area contributed by atoms with Gasteiger partial charge in [-0.1, -0.05) is 30.1 Å². The molecule has 15 heteroatoms. The number of imidazole rings is 1. The van der Waals surface area contributed by atoms with Gasteiger partial charge in [0.15, 0.2) is 9.84 Å². The first-order valence-electron chi connectivity index (χ1n) is 12.9. The minimum Gasteiger partial charge on any atom is -0.364 e. The number of nitrogens with one attached hydrogen (secondary N) is 1. The summed E-state index contributed by atoms with van der Waals surface area (Å²) in [7, 11) is -3.65. The highest BCUT2D eigenvalue weighted by atomic mass is 35.5. The van der Waals surface area contributed by atoms with Gasteiger partial charge in [0.25, 0.3) is 11.8 Å². The molecule has 3 N–H and O–H groups in total. The van der Waals surface area contributed by atoms with Crippen molar-refractivity contribution in [1.82, 2.24) is 19.8 Å². The Morgan fingerprint density at radius 2 is 1.93 bits per heavy atom. The van der Waals surface area contributed by atoms with E-state index in [1.807, 2.05) is 0 Å². The van der Waals surface area contributed by atoms with Crippen LogP contribution in [0.2, 0.25) is 10.0 Å². The number of sulfone groups is 1. The first-order valence-corrected chi connectivity index (χ1v) is 15.3. The van der Waals surface area contributed by atoms with E-state index in [9.17, 15) is 31.2 Å². The van der Waals surface area contributed by atoms with Crippen LogP contribution in [-0.2, 0) is 29.1 Å². The molecular weight excluding hydrogens is 618 g/mol. The van der Waals surface area contributed by atoms with E-state index in [0.29, 0.717) is 25.9 Å². The van der Waals surface area contributed by atoms with Gasteiger partial charge in [-0.3, -0.25) is 14.5 Å². The molecule has 4 rings (SSSR count). The minimum absolute atomic E-state index is 0.0301. The van der Waals surface area contributed by atoms with Crippen molar-refractivity contribution < 1.29 is 31.2 Å². The Balaban J connectivity index is 1.57. The zero-order valence-electron chi connectivity index (χ0n) is 22.4. The molecule has 0 bridgehead atoms. The number of nitrogens with two attached hydrogens (primary N) is 1. The van der Waals surface area contributed by atoms with Crippen LogP contribution in [-0.4, -0.2) is 53.5 Å². The normalized spacial score (nSPS) is 16.4. The van der Waals surface area contributed by atoms with E-state index in [2.05, 4.69) is 10.3 Å². The van der Waals surface area contributed by atoms with E-state index in [1.54, 1.807) is 9.47 Å². The predicted molar refractivity (Wildman–Crippen MR) is 151 cm³/mol. The van der Waals surface area contributed by atoms with Gasteiger partial charge in [-0.2, -0.15) is 13.2 Å². The number of halogens is 5. The van der Waals surface area contributed by atoms with Crippen LogP contribution in [0.3, 0.4) is 0 Å². The first-order chi connectivity index (χ1) is 19.7. The topological polar surface area (TPSA) is 127 Å². The van der Waals surface area contributed by atoms with Gasteiger partial charge in [0, 0.05) is 41.3 Å². The molecule has 226 valence electrons. The lowest BCUT2D eigenvalue weighted by Crippen LogP contribution is -2.37. The number of amides is 2. The molecule has 0 radical (unpaired) electrons. The Morgan fingerprint density at radius 1 is 1.19 bits per heavy atom. The molecule has 0 saturated carbocycles. The second kappa shape index (κ2) is 12.6. The van der Waals surface area contributed by atoms with E-state index in [0.717, 1.165) is 12.1 Å². The third-order valence-corrected chi connectivity index (χ3v) is 9.52. The van der Waals surface area contributed by atoms with Crippen molar-refractivity contribution in [2.75, 3.05) is 18.8 Å². The summed E-state index contributed by atoms with van der Waals surface area (Å²) in [6, 6.07) is 5.77. The molecule has 2 amide bonds. The third-order valence-electron chi connectivity index (χ3n) is 7.11. The molecule has 1 aliphatic heterocycles. The Hall–Kier alpha value is -3.13. The van der Waals surface area contributed by atoms with Crippen molar-refractivity contribution in [2.45, 2.75) is 50.0 Å². The van der Waals surface area contributed by atoms with Crippen molar-refractivity contribution in [2.24, 2.45) is 5.73 Å². The molecule has 2 heterocycles. The maximum Gasteiger partial charge on any atom is 0.416 e. The van der Waals surface area contributed by atoms with Gasteiger partial charge in [0.2, 0.25) is 0 Å². The summed E-state index contributed by atoms with van der Waals surface area (Å²) in [4.78, 5) is 30.4. The first kappa shape index (κ1) is 31.8. The number of likely N-dealkylation sites (tertiary alicyclic amines) is 1. The number of hydrogen-bond donors (Lipinski definition) is 2. The fourth-order valence-electron chi connectivity index (χ4n) is 5.02. The van der Waals surface area contributed by atoms with Crippen LogP contribution in [0.5, 0.6) is 0 Å². The number of carbonyl (C=O) groups excluding carboxylic acids is 2. The molecule has 0 aliphatic carbocycles. The summed E-state index contributed by atoms with van der Waals surface area (Å²) in [5.41, 5.74) is 4.26. The smallest absolute Gasteiger partial charge is 0.364 e. The lowest BCUT2D eigenvalue weighted by atomic mass is 9.99. The summed E-state index contributed by atoms with van der Waals surface area (Å²) in [6.07, 6.45) is -0.664. The number of alkyl halides is 3. The molecule has 9 nitrogen and oxygen atoms in total. The van der Waals surface area contributed by atoms with Gasteiger partial charge in [-0.15, -0.1) is 0 Å². The van der Waals surface area contributed by atoms with Crippen LogP contribution < -0.4 is 11.1 Å². The molecular formula is C27H28Cl2F3N5O4S.